The highest BCUT2D eigenvalue weighted by atomic mass is 32.2. The van der Waals surface area contributed by atoms with Crippen molar-refractivity contribution in [2.75, 3.05) is 25.0 Å². The molecule has 1 heterocycles. The van der Waals surface area contributed by atoms with E-state index in [0.29, 0.717) is 12.1 Å². The van der Waals surface area contributed by atoms with Gasteiger partial charge in [-0.1, -0.05) is 61.5 Å². The van der Waals surface area contributed by atoms with E-state index in [-0.39, 0.29) is 29.4 Å². The molecule has 1 atom stereocenters. The Morgan fingerprint density at radius 3 is 1.94 bits per heavy atom. The van der Waals surface area contributed by atoms with E-state index in [1.165, 1.54) is 28.6 Å². The van der Waals surface area contributed by atoms with Gasteiger partial charge in [0.2, 0.25) is 26.0 Å². The van der Waals surface area contributed by atoms with E-state index in [0.717, 1.165) is 9.87 Å². The van der Waals surface area contributed by atoms with Gasteiger partial charge >= 0.3 is 0 Å². The number of para-hydroxylation sites is 1. The summed E-state index contributed by atoms with van der Waals surface area (Å²) in [6.07, 6.45) is 0.668. The van der Waals surface area contributed by atoms with Gasteiger partial charge in [0, 0.05) is 25.3 Å². The minimum Gasteiger partial charge on any atom is -0.324 e. The molecule has 0 aromatic heterocycles. The van der Waals surface area contributed by atoms with Crippen LogP contribution in [0.5, 0.6) is 0 Å². The maximum Gasteiger partial charge on any atom is 0.244 e. The third kappa shape index (κ3) is 5.15. The molecule has 0 bridgehead atoms. The summed E-state index contributed by atoms with van der Waals surface area (Å²) in [6, 6.07) is 21.8. The number of benzene rings is 3. The number of hydrogen-bond acceptors (Lipinski definition) is 5. The maximum atomic E-state index is 13.5. The number of carbonyl (C=O) groups excluding carboxylic acids is 1. The van der Waals surface area contributed by atoms with E-state index >= 15 is 0 Å². The van der Waals surface area contributed by atoms with Gasteiger partial charge < -0.3 is 5.32 Å². The van der Waals surface area contributed by atoms with Crippen LogP contribution >= 0.6 is 0 Å². The van der Waals surface area contributed by atoms with Gasteiger partial charge in [-0.05, 0) is 42.3 Å². The molecule has 1 aliphatic heterocycles. The molecule has 0 unspecified atom stereocenters. The van der Waals surface area contributed by atoms with Gasteiger partial charge in [-0.15, -0.1) is 0 Å². The number of carbonyl (C=O) groups is 1. The molecule has 4 rings (SSSR count). The molecule has 35 heavy (non-hydrogen) atoms. The highest BCUT2D eigenvalue weighted by Gasteiger charge is 2.43. The van der Waals surface area contributed by atoms with E-state index in [1.54, 1.807) is 48.5 Å². The molecule has 0 radical (unpaired) electrons. The lowest BCUT2D eigenvalue weighted by Crippen LogP contribution is -2.60. The average Bonchev–Trinajstić information content (AvgIpc) is 2.89. The number of sulfonamides is 2. The highest BCUT2D eigenvalue weighted by Crippen LogP contribution is 2.26. The second-order valence-corrected chi connectivity index (χ2v) is 11.9. The number of anilines is 1. The summed E-state index contributed by atoms with van der Waals surface area (Å²) >= 11 is 0. The molecule has 0 saturated carbocycles. The van der Waals surface area contributed by atoms with Crippen LogP contribution in [0.4, 0.5) is 5.69 Å². The Morgan fingerprint density at radius 1 is 0.800 bits per heavy atom. The van der Waals surface area contributed by atoms with Gasteiger partial charge in [-0.2, -0.15) is 8.61 Å². The van der Waals surface area contributed by atoms with E-state index in [1.807, 2.05) is 19.1 Å². The molecule has 10 heteroatoms. The van der Waals surface area contributed by atoms with Crippen molar-refractivity contribution in [2.24, 2.45) is 0 Å². The monoisotopic (exact) mass is 513 g/mol. The molecule has 1 N–H and O–H groups in total. The fourth-order valence-corrected chi connectivity index (χ4v) is 7.15. The Balaban J connectivity index is 1.70. The SMILES string of the molecule is CCc1ccccc1NC(=O)[C@H]1CN(S(=O)(=O)c2ccccc2)CCN1S(=O)(=O)c1ccccc1. The minimum atomic E-state index is -4.05. The van der Waals surface area contributed by atoms with Crippen molar-refractivity contribution in [3.05, 3.63) is 90.5 Å². The predicted molar refractivity (Wildman–Crippen MR) is 134 cm³/mol. The van der Waals surface area contributed by atoms with E-state index < -0.39 is 32.0 Å². The normalized spacial score (nSPS) is 17.7. The lowest BCUT2D eigenvalue weighted by molar-refractivity contribution is -0.120. The van der Waals surface area contributed by atoms with E-state index in [4.69, 9.17) is 0 Å². The second-order valence-electron chi connectivity index (χ2n) is 8.12. The molecular formula is C25H27N3O5S2. The van der Waals surface area contributed by atoms with Crippen LogP contribution in [0.2, 0.25) is 0 Å². The standard InChI is InChI=1S/C25H27N3O5S2/c1-2-20-11-9-10-16-23(20)26-25(29)24-19-27(34(30,31)21-12-5-3-6-13-21)17-18-28(24)35(32,33)22-14-7-4-8-15-22/h3-16,24H,2,17-19H2,1H3,(H,26,29)/t24-/m1/s1. The van der Waals surface area contributed by atoms with Crippen molar-refractivity contribution in [1.29, 1.82) is 0 Å². The van der Waals surface area contributed by atoms with Crippen molar-refractivity contribution in [3.8, 4) is 0 Å². The average molecular weight is 514 g/mol. The summed E-state index contributed by atoms with van der Waals surface area (Å²) in [4.78, 5) is 13.6. The zero-order valence-electron chi connectivity index (χ0n) is 19.2. The zero-order chi connectivity index (χ0) is 25.1. The van der Waals surface area contributed by atoms with Crippen molar-refractivity contribution >= 4 is 31.6 Å². The molecule has 184 valence electrons. The van der Waals surface area contributed by atoms with Gasteiger partial charge in [-0.3, -0.25) is 4.79 Å². The van der Waals surface area contributed by atoms with Gasteiger partial charge in [0.15, 0.2) is 0 Å². The molecule has 3 aromatic rings. The Bertz CT molecular complexity index is 1400. The first-order chi connectivity index (χ1) is 16.7. The first-order valence-corrected chi connectivity index (χ1v) is 14.1. The summed E-state index contributed by atoms with van der Waals surface area (Å²) in [5.41, 5.74) is 1.46. The van der Waals surface area contributed by atoms with Crippen molar-refractivity contribution < 1.29 is 21.6 Å². The van der Waals surface area contributed by atoms with Crippen LogP contribution in [0.1, 0.15) is 12.5 Å². The Morgan fingerprint density at radius 2 is 1.34 bits per heavy atom. The summed E-state index contributed by atoms with van der Waals surface area (Å²) in [6.45, 7) is 1.42. The number of amides is 1. The molecular weight excluding hydrogens is 486 g/mol. The summed E-state index contributed by atoms with van der Waals surface area (Å²) in [5, 5.41) is 2.83. The predicted octanol–water partition coefficient (Wildman–Crippen LogP) is 2.95. The number of aryl methyl sites for hydroxylation is 1. The van der Waals surface area contributed by atoms with E-state index in [2.05, 4.69) is 5.32 Å². The fraction of sp³-hybridized carbons (Fsp3) is 0.240. The number of nitrogens with one attached hydrogen (secondary N) is 1. The molecule has 0 aliphatic carbocycles. The topological polar surface area (TPSA) is 104 Å². The first kappa shape index (κ1) is 25.1. The second kappa shape index (κ2) is 10.3. The molecule has 1 aliphatic rings. The highest BCUT2D eigenvalue weighted by molar-refractivity contribution is 7.89. The first-order valence-electron chi connectivity index (χ1n) is 11.3. The lowest BCUT2D eigenvalue weighted by atomic mass is 10.1. The van der Waals surface area contributed by atoms with Gasteiger partial charge in [0.05, 0.1) is 9.79 Å². The van der Waals surface area contributed by atoms with Crippen LogP contribution in [-0.4, -0.2) is 57.0 Å². The van der Waals surface area contributed by atoms with Crippen LogP contribution in [-0.2, 0) is 31.3 Å². The van der Waals surface area contributed by atoms with Gasteiger partial charge in [0.25, 0.3) is 0 Å². The fourth-order valence-electron chi connectivity index (χ4n) is 4.10. The van der Waals surface area contributed by atoms with Crippen LogP contribution in [0.25, 0.3) is 0 Å². The van der Waals surface area contributed by atoms with Crippen LogP contribution in [0.3, 0.4) is 0 Å². The molecule has 8 nitrogen and oxygen atoms in total. The third-order valence-corrected chi connectivity index (χ3v) is 9.79. The number of piperazine rings is 1. The lowest BCUT2D eigenvalue weighted by Gasteiger charge is -2.39. The van der Waals surface area contributed by atoms with Crippen molar-refractivity contribution in [1.82, 2.24) is 8.61 Å². The Kier molecular flexibility index (Phi) is 7.36. The van der Waals surface area contributed by atoms with Crippen molar-refractivity contribution in [3.63, 3.8) is 0 Å². The van der Waals surface area contributed by atoms with E-state index in [9.17, 15) is 21.6 Å². The van der Waals surface area contributed by atoms with Crippen molar-refractivity contribution in [2.45, 2.75) is 29.2 Å². The maximum absolute atomic E-state index is 13.5. The van der Waals surface area contributed by atoms with Gasteiger partial charge in [-0.25, -0.2) is 16.8 Å². The summed E-state index contributed by atoms with van der Waals surface area (Å²) < 4.78 is 55.8. The quantitative estimate of drug-likeness (QED) is 0.523. The third-order valence-electron chi connectivity index (χ3n) is 5.98. The Labute approximate surface area is 206 Å². The minimum absolute atomic E-state index is 0.0473. The van der Waals surface area contributed by atoms with Crippen LogP contribution in [0, 0.1) is 0 Å². The number of nitrogens with zero attached hydrogens (tertiary/aromatic N) is 2. The summed E-state index contributed by atoms with van der Waals surface area (Å²) in [5.74, 6) is -0.585. The number of hydrogen-bond donors (Lipinski definition) is 1. The largest absolute Gasteiger partial charge is 0.324 e. The zero-order valence-corrected chi connectivity index (χ0v) is 20.9. The molecule has 0 spiro atoms. The number of rotatable bonds is 7. The van der Waals surface area contributed by atoms with Gasteiger partial charge in [0.1, 0.15) is 6.04 Å². The molecule has 1 amide bonds. The summed E-state index contributed by atoms with van der Waals surface area (Å²) in [7, 11) is -7.96. The molecule has 1 saturated heterocycles. The Hall–Kier alpha value is -3.05. The van der Waals surface area contributed by atoms with Crippen LogP contribution in [0.15, 0.2) is 94.7 Å². The molecule has 3 aromatic carbocycles. The molecule has 1 fully saturated rings. The smallest absolute Gasteiger partial charge is 0.244 e. The van der Waals surface area contributed by atoms with Crippen LogP contribution < -0.4 is 5.32 Å².